The van der Waals surface area contributed by atoms with Gasteiger partial charge >= 0.3 is 30.3 Å². The molecule has 0 aliphatic carbocycles. The van der Waals surface area contributed by atoms with Gasteiger partial charge in [-0.2, -0.15) is 0 Å². The number of carboxylic acids is 1. The normalized spacial score (nSPS) is 13.2. The maximum atomic E-state index is 13.4. The van der Waals surface area contributed by atoms with Crippen LogP contribution < -0.4 is 31.1 Å². The maximum Gasteiger partial charge on any atom is 0.421 e. The number of carboxylic acid groups (broad SMARTS) is 1. The number of nitrogens with one attached hydrogen (secondary N) is 6. The zero-order valence-electron chi connectivity index (χ0n) is 32.2. The second-order valence-corrected chi connectivity index (χ2v) is 12.0. The lowest BCUT2D eigenvalue weighted by atomic mass is 10.0. The Balaban J connectivity index is 1.64. The second-order valence-electron chi connectivity index (χ2n) is 12.0. The first kappa shape index (κ1) is 45.6. The highest BCUT2D eigenvalue weighted by Crippen LogP contribution is 2.20. The molecule has 2 aromatic carbocycles. The van der Waals surface area contributed by atoms with E-state index >= 15 is 0 Å². The predicted octanol–water partition coefficient (Wildman–Crippen LogP) is 0.478. The molecule has 1 fully saturated rings. The van der Waals surface area contributed by atoms with Crippen LogP contribution in [-0.4, -0.2) is 148 Å². The summed E-state index contributed by atoms with van der Waals surface area (Å²) in [5, 5.41) is 34.6. The molecule has 59 heavy (non-hydrogen) atoms. The van der Waals surface area contributed by atoms with Gasteiger partial charge in [0.05, 0.1) is 46.4 Å². The molecular formula is C35H42N10O14. The summed E-state index contributed by atoms with van der Waals surface area (Å²) in [5.41, 5.74) is 0.298. The summed E-state index contributed by atoms with van der Waals surface area (Å²) in [5.74, 6) is -5.19. The molecule has 0 spiro atoms. The fourth-order valence-electron chi connectivity index (χ4n) is 5.46. The molecule has 1 heterocycles. The van der Waals surface area contributed by atoms with E-state index in [9.17, 15) is 48.3 Å². The number of guanidine groups is 2. The van der Waals surface area contributed by atoms with Crippen molar-refractivity contribution in [1.82, 2.24) is 31.1 Å². The van der Waals surface area contributed by atoms with Crippen molar-refractivity contribution in [2.24, 2.45) is 0 Å². The summed E-state index contributed by atoms with van der Waals surface area (Å²) in [6.07, 6.45) is -3.90. The van der Waals surface area contributed by atoms with Gasteiger partial charge in [0, 0.05) is 30.8 Å². The van der Waals surface area contributed by atoms with Crippen LogP contribution in [0.25, 0.3) is 0 Å². The van der Waals surface area contributed by atoms with Crippen molar-refractivity contribution in [1.29, 1.82) is 10.8 Å². The number of alkyl carbamates (subject to hydrolysis) is 2. The molecule has 3 rings (SSSR count). The molecule has 24 nitrogen and oxygen atoms in total. The lowest BCUT2D eigenvalue weighted by Crippen LogP contribution is -2.60. The van der Waals surface area contributed by atoms with Crippen molar-refractivity contribution in [3.63, 3.8) is 0 Å². The number of methoxy groups -OCH3 is 4. The molecule has 2 aromatic rings. The summed E-state index contributed by atoms with van der Waals surface area (Å²) in [6, 6.07) is 9.35. The summed E-state index contributed by atoms with van der Waals surface area (Å²) < 4.78 is 18.2. The smallest absolute Gasteiger partial charge is 0.421 e. The number of amides is 8. The molecule has 0 radical (unpaired) electrons. The molecule has 1 aliphatic heterocycles. The van der Waals surface area contributed by atoms with Crippen molar-refractivity contribution >= 4 is 77.3 Å². The summed E-state index contributed by atoms with van der Waals surface area (Å²) >= 11 is 0. The molecule has 0 saturated carbocycles. The number of nitrogens with zero attached hydrogens (tertiary/aromatic N) is 4. The standard InChI is InChI=1S/C35H42N10O14/c1-56-32(52)40-30(36)44(34(54)58-3)22-11-7-20(8-12-22)27(49)38-15-5-6-24-29(51)42(19-26(47)48)16-17-43(24)25(46)18-39-28(50)21-9-13-23(14-10-21)45(35(55)59-4)31(37)41-33(53)57-2/h7-14,24H,5-6,15-19H2,1-4H3,(H,38,49)(H,39,50)(H,47,48)(H2,36,40,52)(H2,37,41,53)/t24-/m0/s1. The minimum atomic E-state index is -1.26. The van der Waals surface area contributed by atoms with E-state index < -0.39 is 85.0 Å². The lowest BCUT2D eigenvalue weighted by molar-refractivity contribution is -0.155. The average molecular weight is 827 g/mol. The number of benzene rings is 2. The minimum Gasteiger partial charge on any atom is -0.480 e. The lowest BCUT2D eigenvalue weighted by Gasteiger charge is -2.40. The SMILES string of the molecule is COC(=O)NC(=N)N(C(=O)OC)c1ccc(C(=O)NCCC[C@H]2C(=O)N(CC(=O)O)CCN2C(=O)CNC(=O)c2ccc(N(C(=N)NC(=O)OC)C(=O)OC)cc2)cc1. The molecule has 0 aromatic heterocycles. The van der Waals surface area contributed by atoms with E-state index in [0.717, 1.165) is 38.2 Å². The van der Waals surface area contributed by atoms with E-state index in [-0.39, 0.29) is 55.0 Å². The Hall–Kier alpha value is -7.79. The van der Waals surface area contributed by atoms with Crippen LogP contribution in [0.2, 0.25) is 0 Å². The van der Waals surface area contributed by atoms with E-state index in [1.165, 1.54) is 53.4 Å². The highest BCUT2D eigenvalue weighted by molar-refractivity contribution is 6.17. The molecule has 24 heteroatoms. The second kappa shape index (κ2) is 21.5. The van der Waals surface area contributed by atoms with Crippen molar-refractivity contribution in [2.75, 3.05) is 71.0 Å². The monoisotopic (exact) mass is 826 g/mol. The van der Waals surface area contributed by atoms with E-state index in [1.807, 2.05) is 10.6 Å². The number of rotatable bonds is 12. The highest BCUT2D eigenvalue weighted by Gasteiger charge is 2.37. The van der Waals surface area contributed by atoms with Crippen LogP contribution in [0.5, 0.6) is 0 Å². The van der Waals surface area contributed by atoms with Crippen LogP contribution >= 0.6 is 0 Å². The number of ether oxygens (including phenoxy) is 4. The van der Waals surface area contributed by atoms with Crippen molar-refractivity contribution in [2.45, 2.75) is 18.9 Å². The van der Waals surface area contributed by atoms with Gasteiger partial charge in [0.2, 0.25) is 23.7 Å². The van der Waals surface area contributed by atoms with Crippen LogP contribution in [0.3, 0.4) is 0 Å². The number of anilines is 2. The van der Waals surface area contributed by atoms with Crippen LogP contribution in [0.1, 0.15) is 33.6 Å². The molecule has 1 saturated heterocycles. The van der Waals surface area contributed by atoms with Crippen LogP contribution in [0.15, 0.2) is 48.5 Å². The molecule has 0 bridgehead atoms. The number of hydrogen-bond acceptors (Lipinski definition) is 15. The van der Waals surface area contributed by atoms with Crippen LogP contribution in [-0.2, 0) is 33.3 Å². The van der Waals surface area contributed by atoms with Gasteiger partial charge in [-0.25, -0.2) is 29.0 Å². The first-order valence-corrected chi connectivity index (χ1v) is 17.3. The Labute approximate surface area is 335 Å². The van der Waals surface area contributed by atoms with E-state index in [1.54, 1.807) is 0 Å². The zero-order valence-corrected chi connectivity index (χ0v) is 32.2. The van der Waals surface area contributed by atoms with Gasteiger partial charge in [-0.15, -0.1) is 0 Å². The fraction of sp³-hybridized carbons (Fsp3) is 0.343. The Morgan fingerprint density at radius 3 is 1.59 bits per heavy atom. The van der Waals surface area contributed by atoms with E-state index in [2.05, 4.69) is 29.6 Å². The number of carbonyl (C=O) groups excluding carboxylic acids is 8. The Morgan fingerprint density at radius 1 is 0.712 bits per heavy atom. The van der Waals surface area contributed by atoms with Crippen molar-refractivity contribution < 1.29 is 67.2 Å². The van der Waals surface area contributed by atoms with Crippen molar-refractivity contribution in [3.05, 3.63) is 59.7 Å². The number of carbonyl (C=O) groups is 9. The third-order valence-electron chi connectivity index (χ3n) is 8.32. The van der Waals surface area contributed by atoms with E-state index in [4.69, 9.17) is 10.8 Å². The van der Waals surface area contributed by atoms with Gasteiger partial charge in [0.1, 0.15) is 12.6 Å². The quantitative estimate of drug-likeness (QED) is 0.0663. The van der Waals surface area contributed by atoms with Gasteiger partial charge in [0.25, 0.3) is 11.8 Å². The molecule has 1 atom stereocenters. The van der Waals surface area contributed by atoms with Gasteiger partial charge < -0.3 is 44.5 Å². The van der Waals surface area contributed by atoms with Gasteiger partial charge in [-0.1, -0.05) is 0 Å². The topological polar surface area (TPSA) is 320 Å². The Bertz CT molecular complexity index is 1960. The van der Waals surface area contributed by atoms with Crippen molar-refractivity contribution in [3.8, 4) is 0 Å². The largest absolute Gasteiger partial charge is 0.480 e. The first-order chi connectivity index (χ1) is 28.1. The molecule has 7 N–H and O–H groups in total. The van der Waals surface area contributed by atoms with E-state index in [0.29, 0.717) is 4.90 Å². The molecular weight excluding hydrogens is 784 g/mol. The third-order valence-corrected chi connectivity index (χ3v) is 8.32. The summed E-state index contributed by atoms with van der Waals surface area (Å²) in [7, 11) is 4.25. The first-order valence-electron chi connectivity index (χ1n) is 17.3. The van der Waals surface area contributed by atoms with Gasteiger partial charge in [-0.3, -0.25) is 45.4 Å². The summed E-state index contributed by atoms with van der Waals surface area (Å²) in [6.45, 7) is -1.27. The molecule has 0 unspecified atom stereocenters. The fourth-order valence-corrected chi connectivity index (χ4v) is 5.46. The van der Waals surface area contributed by atoms with Gasteiger partial charge in [0.15, 0.2) is 0 Å². The molecule has 8 amide bonds. The highest BCUT2D eigenvalue weighted by atomic mass is 16.6. The Morgan fingerprint density at radius 2 is 1.17 bits per heavy atom. The number of hydrogen-bond donors (Lipinski definition) is 7. The van der Waals surface area contributed by atoms with Crippen LogP contribution in [0, 0.1) is 10.8 Å². The third kappa shape index (κ3) is 12.3. The van der Waals surface area contributed by atoms with Crippen LogP contribution in [0.4, 0.5) is 30.6 Å². The minimum absolute atomic E-state index is 0.00918. The number of piperazine rings is 1. The zero-order chi connectivity index (χ0) is 43.8. The van der Waals surface area contributed by atoms with Gasteiger partial charge in [-0.05, 0) is 61.4 Å². The Kier molecular flexibility index (Phi) is 16.6. The average Bonchev–Trinajstić information content (AvgIpc) is 3.22. The summed E-state index contributed by atoms with van der Waals surface area (Å²) in [4.78, 5) is 115. The predicted molar refractivity (Wildman–Crippen MR) is 203 cm³/mol. The molecule has 1 aliphatic rings. The maximum absolute atomic E-state index is 13.4. The molecule has 316 valence electrons. The number of aliphatic carboxylic acids is 1.